The van der Waals surface area contributed by atoms with Gasteiger partial charge >= 0.3 is 0 Å². The average molecular weight is 317 g/mol. The first-order chi connectivity index (χ1) is 8.24. The Morgan fingerprint density at radius 1 is 1.18 bits per heavy atom. The van der Waals surface area contributed by atoms with E-state index in [2.05, 4.69) is 21.1 Å². The summed E-state index contributed by atoms with van der Waals surface area (Å²) in [7, 11) is 0. The lowest BCUT2D eigenvalue weighted by molar-refractivity contribution is 0.170. The van der Waals surface area contributed by atoms with Crippen molar-refractivity contribution >= 4 is 27.5 Å². The van der Waals surface area contributed by atoms with E-state index < -0.39 is 0 Å². The highest BCUT2D eigenvalue weighted by atomic mass is 79.9. The number of halogens is 2. The van der Waals surface area contributed by atoms with Gasteiger partial charge in [0.1, 0.15) is 18.9 Å². The van der Waals surface area contributed by atoms with Gasteiger partial charge in [0.15, 0.2) is 11.5 Å². The summed E-state index contributed by atoms with van der Waals surface area (Å²) >= 11 is 9.14. The van der Waals surface area contributed by atoms with Crippen molar-refractivity contribution in [2.24, 2.45) is 0 Å². The van der Waals surface area contributed by atoms with Gasteiger partial charge in [-0.25, -0.2) is 0 Å². The summed E-state index contributed by atoms with van der Waals surface area (Å²) in [5, 5.41) is 4.11. The molecule has 1 aromatic heterocycles. The minimum atomic E-state index is 0.256. The van der Waals surface area contributed by atoms with E-state index in [0.29, 0.717) is 24.7 Å². The van der Waals surface area contributed by atoms with Crippen LogP contribution in [0.2, 0.25) is 5.22 Å². The van der Waals surface area contributed by atoms with Gasteiger partial charge in [0.2, 0.25) is 5.22 Å². The zero-order chi connectivity index (χ0) is 11.8. The fraction of sp³-hybridized carbons (Fsp3) is 0.182. The molecule has 17 heavy (non-hydrogen) atoms. The summed E-state index contributed by atoms with van der Waals surface area (Å²) in [5.74, 6) is 1.41. The monoisotopic (exact) mass is 315 g/mol. The third-order valence-electron chi connectivity index (χ3n) is 2.37. The van der Waals surface area contributed by atoms with Crippen LogP contribution in [0.25, 0.3) is 11.3 Å². The topological polar surface area (TPSA) is 44.5 Å². The highest BCUT2D eigenvalue weighted by Crippen LogP contribution is 2.41. The second-order valence-corrected chi connectivity index (χ2v) is 4.73. The molecule has 0 saturated heterocycles. The summed E-state index contributed by atoms with van der Waals surface area (Å²) in [6.07, 6.45) is 0. The third kappa shape index (κ3) is 2.00. The number of ether oxygens (including phenoxy) is 2. The molecule has 0 amide bonds. The van der Waals surface area contributed by atoms with Gasteiger partial charge in [-0.2, -0.15) is 0 Å². The van der Waals surface area contributed by atoms with E-state index in [0.717, 1.165) is 15.8 Å². The highest BCUT2D eigenvalue weighted by molar-refractivity contribution is 9.10. The lowest BCUT2D eigenvalue weighted by atomic mass is 10.1. The van der Waals surface area contributed by atoms with Gasteiger partial charge in [0, 0.05) is 11.6 Å². The summed E-state index contributed by atoms with van der Waals surface area (Å²) in [6.45, 7) is 1.10. The molecule has 88 valence electrons. The number of rotatable bonds is 1. The van der Waals surface area contributed by atoms with Gasteiger partial charge in [0.05, 0.1) is 4.47 Å². The summed E-state index contributed by atoms with van der Waals surface area (Å²) in [6, 6.07) is 5.40. The Morgan fingerprint density at radius 3 is 2.76 bits per heavy atom. The standard InChI is InChI=1S/C11H7BrClNO3/c12-7-3-6(8-5-10(13)17-14-8)4-9-11(7)16-2-1-15-9/h3-5H,1-2H2. The minimum Gasteiger partial charge on any atom is -0.486 e. The van der Waals surface area contributed by atoms with Gasteiger partial charge in [-0.15, -0.1) is 0 Å². The number of nitrogens with zero attached hydrogens (tertiary/aromatic N) is 1. The van der Waals surface area contributed by atoms with E-state index in [-0.39, 0.29) is 5.22 Å². The Morgan fingerprint density at radius 2 is 2.00 bits per heavy atom. The van der Waals surface area contributed by atoms with Crippen molar-refractivity contribution in [3.05, 3.63) is 27.9 Å². The summed E-state index contributed by atoms with van der Waals surface area (Å²) in [5.41, 5.74) is 1.52. The fourth-order valence-electron chi connectivity index (χ4n) is 1.65. The van der Waals surface area contributed by atoms with Crippen LogP contribution in [0.1, 0.15) is 0 Å². The van der Waals surface area contributed by atoms with Crippen molar-refractivity contribution in [2.45, 2.75) is 0 Å². The maximum atomic E-state index is 5.70. The van der Waals surface area contributed by atoms with Crippen LogP contribution in [0.3, 0.4) is 0 Å². The zero-order valence-electron chi connectivity index (χ0n) is 8.57. The van der Waals surface area contributed by atoms with Crippen LogP contribution in [-0.2, 0) is 0 Å². The van der Waals surface area contributed by atoms with Crippen molar-refractivity contribution in [3.63, 3.8) is 0 Å². The van der Waals surface area contributed by atoms with Gasteiger partial charge < -0.3 is 14.0 Å². The van der Waals surface area contributed by atoms with Crippen molar-refractivity contribution in [1.29, 1.82) is 0 Å². The lowest BCUT2D eigenvalue weighted by Gasteiger charge is -2.20. The first-order valence-corrected chi connectivity index (χ1v) is 6.13. The molecule has 0 aliphatic carbocycles. The molecule has 0 atom stereocenters. The van der Waals surface area contributed by atoms with Crippen LogP contribution >= 0.6 is 27.5 Å². The fourth-order valence-corrected chi connectivity index (χ4v) is 2.34. The van der Waals surface area contributed by atoms with Crippen LogP contribution in [0.4, 0.5) is 0 Å². The molecule has 6 heteroatoms. The summed E-state index contributed by atoms with van der Waals surface area (Å²) in [4.78, 5) is 0. The third-order valence-corrected chi connectivity index (χ3v) is 3.14. The molecule has 1 aromatic carbocycles. The number of fused-ring (bicyclic) bond motifs is 1. The SMILES string of the molecule is Clc1cc(-c2cc(Br)c3c(c2)OCCO3)no1. The van der Waals surface area contributed by atoms with Gasteiger partial charge in [-0.1, -0.05) is 5.16 Å². The Balaban J connectivity index is 2.10. The molecule has 0 unspecified atom stereocenters. The van der Waals surface area contributed by atoms with Crippen molar-refractivity contribution in [2.75, 3.05) is 13.2 Å². The van der Waals surface area contributed by atoms with E-state index in [1.54, 1.807) is 6.07 Å². The van der Waals surface area contributed by atoms with Crippen LogP contribution in [0, 0.1) is 0 Å². The molecule has 0 fully saturated rings. The van der Waals surface area contributed by atoms with Crippen LogP contribution in [0.5, 0.6) is 11.5 Å². The van der Waals surface area contributed by atoms with Crippen molar-refractivity contribution < 1.29 is 14.0 Å². The van der Waals surface area contributed by atoms with E-state index >= 15 is 0 Å². The molecular formula is C11H7BrClNO3. The second-order valence-electron chi connectivity index (χ2n) is 3.50. The Labute approximate surface area is 111 Å². The molecule has 3 rings (SSSR count). The smallest absolute Gasteiger partial charge is 0.226 e. The van der Waals surface area contributed by atoms with E-state index in [4.69, 9.17) is 25.6 Å². The Kier molecular flexibility index (Phi) is 2.72. The molecule has 2 heterocycles. The zero-order valence-corrected chi connectivity index (χ0v) is 10.9. The Hall–Kier alpha value is -1.20. The van der Waals surface area contributed by atoms with Crippen LogP contribution < -0.4 is 9.47 Å². The highest BCUT2D eigenvalue weighted by Gasteiger charge is 2.18. The minimum absolute atomic E-state index is 0.256. The molecule has 0 bridgehead atoms. The molecular weight excluding hydrogens is 309 g/mol. The Bertz CT molecular complexity index is 570. The van der Waals surface area contributed by atoms with Gasteiger partial charge in [0.25, 0.3) is 0 Å². The number of benzene rings is 1. The van der Waals surface area contributed by atoms with Gasteiger partial charge in [-0.05, 0) is 39.7 Å². The average Bonchev–Trinajstić information content (AvgIpc) is 2.76. The maximum absolute atomic E-state index is 5.70. The number of hydrogen-bond acceptors (Lipinski definition) is 4. The molecule has 4 nitrogen and oxygen atoms in total. The number of aromatic nitrogens is 1. The predicted octanol–water partition coefficient (Wildman–Crippen LogP) is 3.53. The van der Waals surface area contributed by atoms with Crippen LogP contribution in [0.15, 0.2) is 27.2 Å². The van der Waals surface area contributed by atoms with Gasteiger partial charge in [-0.3, -0.25) is 0 Å². The predicted molar refractivity (Wildman–Crippen MR) is 65.6 cm³/mol. The van der Waals surface area contributed by atoms with Crippen LogP contribution in [-0.4, -0.2) is 18.4 Å². The number of hydrogen-bond donors (Lipinski definition) is 0. The first-order valence-electron chi connectivity index (χ1n) is 4.96. The molecule has 1 aliphatic heterocycles. The molecule has 0 spiro atoms. The van der Waals surface area contributed by atoms with Crippen molar-refractivity contribution in [1.82, 2.24) is 5.16 Å². The van der Waals surface area contributed by atoms with E-state index in [1.807, 2.05) is 12.1 Å². The molecule has 2 aromatic rings. The maximum Gasteiger partial charge on any atom is 0.226 e. The van der Waals surface area contributed by atoms with E-state index in [1.165, 1.54) is 0 Å². The first kappa shape index (κ1) is 10.9. The molecule has 1 aliphatic rings. The largest absolute Gasteiger partial charge is 0.486 e. The molecule has 0 N–H and O–H groups in total. The molecule has 0 radical (unpaired) electrons. The van der Waals surface area contributed by atoms with E-state index in [9.17, 15) is 0 Å². The summed E-state index contributed by atoms with van der Waals surface area (Å²) < 4.78 is 16.7. The van der Waals surface area contributed by atoms with Crippen molar-refractivity contribution in [3.8, 4) is 22.8 Å². The quantitative estimate of drug-likeness (QED) is 0.807. The molecule has 0 saturated carbocycles. The lowest BCUT2D eigenvalue weighted by Crippen LogP contribution is -2.15. The normalized spacial score (nSPS) is 13.8. The second kappa shape index (κ2) is 4.23.